The van der Waals surface area contributed by atoms with Crippen LogP contribution in [-0.2, 0) is 0 Å². The molecule has 0 aliphatic rings. The Hall–Kier alpha value is -1.24. The fourth-order valence-corrected chi connectivity index (χ4v) is 2.38. The van der Waals surface area contributed by atoms with E-state index in [0.29, 0.717) is 10.6 Å². The molecule has 7 heteroatoms. The summed E-state index contributed by atoms with van der Waals surface area (Å²) in [6.45, 7) is 1.84. The standard InChI is InChI=1S/C10H9ClN4S2/c1-5-13-10(17-15-5)14-6-2-3-7(9(12)16)8(11)4-6/h2-4H,1H3,(H2,12,16)(H,13,14,15). The highest BCUT2D eigenvalue weighted by molar-refractivity contribution is 7.80. The lowest BCUT2D eigenvalue weighted by atomic mass is 10.2. The van der Waals surface area contributed by atoms with Gasteiger partial charge in [-0.1, -0.05) is 23.8 Å². The first-order valence-corrected chi connectivity index (χ1v) is 6.29. The SMILES string of the molecule is Cc1nsc(Nc2ccc(C(N)=S)c(Cl)c2)n1. The molecule has 2 aromatic rings. The summed E-state index contributed by atoms with van der Waals surface area (Å²) in [6.07, 6.45) is 0. The number of nitrogens with one attached hydrogen (secondary N) is 1. The minimum absolute atomic E-state index is 0.285. The van der Waals surface area contributed by atoms with Gasteiger partial charge in [0.1, 0.15) is 10.8 Å². The van der Waals surface area contributed by atoms with Gasteiger partial charge >= 0.3 is 0 Å². The normalized spacial score (nSPS) is 10.2. The van der Waals surface area contributed by atoms with Crippen molar-refractivity contribution in [3.05, 3.63) is 34.6 Å². The number of nitrogens with zero attached hydrogens (tertiary/aromatic N) is 2. The third-order valence-corrected chi connectivity index (χ3v) is 3.27. The minimum Gasteiger partial charge on any atom is -0.389 e. The Labute approximate surface area is 113 Å². The Balaban J connectivity index is 2.23. The third kappa shape index (κ3) is 2.91. The van der Waals surface area contributed by atoms with Gasteiger partial charge in [0.2, 0.25) is 5.13 Å². The summed E-state index contributed by atoms with van der Waals surface area (Å²) < 4.78 is 4.08. The molecule has 0 spiro atoms. The number of nitrogens with two attached hydrogens (primary N) is 1. The summed E-state index contributed by atoms with van der Waals surface area (Å²) in [4.78, 5) is 4.48. The molecule has 0 aliphatic heterocycles. The highest BCUT2D eigenvalue weighted by Crippen LogP contribution is 2.24. The van der Waals surface area contributed by atoms with Gasteiger partial charge in [0.05, 0.1) is 5.02 Å². The molecule has 0 radical (unpaired) electrons. The second kappa shape index (κ2) is 4.95. The Morgan fingerprint density at radius 2 is 2.29 bits per heavy atom. The lowest BCUT2D eigenvalue weighted by molar-refractivity contribution is 1.17. The van der Waals surface area contributed by atoms with Crippen LogP contribution >= 0.6 is 35.4 Å². The van der Waals surface area contributed by atoms with Crippen LogP contribution in [0.4, 0.5) is 10.8 Å². The van der Waals surface area contributed by atoms with Gasteiger partial charge < -0.3 is 11.1 Å². The number of benzene rings is 1. The van der Waals surface area contributed by atoms with Gasteiger partial charge in [-0.05, 0) is 25.1 Å². The number of hydrogen-bond donors (Lipinski definition) is 2. The van der Waals surface area contributed by atoms with E-state index in [4.69, 9.17) is 29.6 Å². The van der Waals surface area contributed by atoms with Gasteiger partial charge in [-0.3, -0.25) is 0 Å². The number of thiocarbonyl (C=S) groups is 1. The summed E-state index contributed by atoms with van der Waals surface area (Å²) in [6, 6.07) is 5.38. The van der Waals surface area contributed by atoms with E-state index in [1.165, 1.54) is 11.5 Å². The number of halogens is 1. The molecule has 0 atom stereocenters. The molecule has 0 bridgehead atoms. The Morgan fingerprint density at radius 1 is 1.53 bits per heavy atom. The van der Waals surface area contributed by atoms with E-state index in [-0.39, 0.29) is 4.99 Å². The molecule has 0 amide bonds. The van der Waals surface area contributed by atoms with Gasteiger partial charge in [0.15, 0.2) is 0 Å². The van der Waals surface area contributed by atoms with Gasteiger partial charge in [0, 0.05) is 22.8 Å². The van der Waals surface area contributed by atoms with Crippen LogP contribution in [0, 0.1) is 6.92 Å². The zero-order chi connectivity index (χ0) is 12.4. The van der Waals surface area contributed by atoms with Crippen molar-refractivity contribution >= 4 is 51.2 Å². The van der Waals surface area contributed by atoms with E-state index in [9.17, 15) is 0 Å². The first-order chi connectivity index (χ1) is 8.06. The number of anilines is 2. The number of rotatable bonds is 3. The van der Waals surface area contributed by atoms with E-state index < -0.39 is 0 Å². The zero-order valence-electron chi connectivity index (χ0n) is 8.90. The molecule has 0 aliphatic carbocycles. The molecule has 0 unspecified atom stereocenters. The van der Waals surface area contributed by atoms with Crippen LogP contribution in [-0.4, -0.2) is 14.3 Å². The first kappa shape index (κ1) is 12.2. The average molecular weight is 285 g/mol. The third-order valence-electron chi connectivity index (χ3n) is 2.01. The second-order valence-electron chi connectivity index (χ2n) is 3.33. The summed E-state index contributed by atoms with van der Waals surface area (Å²) in [5, 5.41) is 4.35. The maximum atomic E-state index is 6.06. The molecule has 1 aromatic carbocycles. The summed E-state index contributed by atoms with van der Waals surface area (Å²) in [5.74, 6) is 0.739. The van der Waals surface area contributed by atoms with Crippen molar-refractivity contribution in [2.45, 2.75) is 6.92 Å². The molecule has 1 aromatic heterocycles. The predicted octanol–water partition coefficient (Wildman–Crippen LogP) is 2.88. The molecule has 0 saturated heterocycles. The van der Waals surface area contributed by atoms with Crippen LogP contribution in [0.1, 0.15) is 11.4 Å². The molecule has 0 saturated carbocycles. The number of hydrogen-bond acceptors (Lipinski definition) is 5. The summed E-state index contributed by atoms with van der Waals surface area (Å²) >= 11 is 12.2. The van der Waals surface area contributed by atoms with Crippen molar-refractivity contribution in [2.75, 3.05) is 5.32 Å². The topological polar surface area (TPSA) is 63.8 Å². The minimum atomic E-state index is 0.285. The van der Waals surface area contributed by atoms with Crippen LogP contribution in [0.5, 0.6) is 0 Å². The first-order valence-electron chi connectivity index (χ1n) is 4.73. The van der Waals surface area contributed by atoms with Crippen LogP contribution in [0.3, 0.4) is 0 Å². The highest BCUT2D eigenvalue weighted by atomic mass is 35.5. The zero-order valence-corrected chi connectivity index (χ0v) is 11.3. The van der Waals surface area contributed by atoms with E-state index in [1.807, 2.05) is 13.0 Å². The monoisotopic (exact) mass is 284 g/mol. The molecule has 3 N–H and O–H groups in total. The quantitative estimate of drug-likeness (QED) is 0.849. The highest BCUT2D eigenvalue weighted by Gasteiger charge is 2.06. The Bertz CT molecular complexity index is 567. The van der Waals surface area contributed by atoms with Crippen molar-refractivity contribution < 1.29 is 0 Å². The number of aryl methyl sites for hydroxylation is 1. The average Bonchev–Trinajstić information content (AvgIpc) is 2.63. The molecule has 17 heavy (non-hydrogen) atoms. The van der Waals surface area contributed by atoms with Gasteiger partial charge in [-0.2, -0.15) is 4.37 Å². The van der Waals surface area contributed by atoms with Gasteiger partial charge in [0.25, 0.3) is 0 Å². The Kier molecular flexibility index (Phi) is 3.56. The lowest BCUT2D eigenvalue weighted by Gasteiger charge is -2.06. The molecular formula is C10H9ClN4S2. The van der Waals surface area contributed by atoms with Crippen LogP contribution in [0.25, 0.3) is 0 Å². The van der Waals surface area contributed by atoms with Crippen molar-refractivity contribution in [2.24, 2.45) is 5.73 Å². The summed E-state index contributed by atoms with van der Waals surface area (Å²) in [7, 11) is 0. The largest absolute Gasteiger partial charge is 0.389 e. The van der Waals surface area contributed by atoms with Gasteiger partial charge in [-0.15, -0.1) is 0 Å². The molecular weight excluding hydrogens is 276 g/mol. The summed E-state index contributed by atoms with van der Waals surface area (Å²) in [5.41, 5.74) is 7.02. The fraction of sp³-hybridized carbons (Fsp3) is 0.100. The molecule has 88 valence electrons. The van der Waals surface area contributed by atoms with Crippen molar-refractivity contribution in [1.82, 2.24) is 9.36 Å². The lowest BCUT2D eigenvalue weighted by Crippen LogP contribution is -2.09. The fourth-order valence-electron chi connectivity index (χ4n) is 1.26. The predicted molar refractivity (Wildman–Crippen MR) is 75.3 cm³/mol. The van der Waals surface area contributed by atoms with Gasteiger partial charge in [-0.25, -0.2) is 4.98 Å². The van der Waals surface area contributed by atoms with Crippen molar-refractivity contribution in [3.63, 3.8) is 0 Å². The smallest absolute Gasteiger partial charge is 0.207 e. The second-order valence-corrected chi connectivity index (χ2v) is 4.93. The molecule has 2 rings (SSSR count). The van der Waals surface area contributed by atoms with Crippen LogP contribution in [0.15, 0.2) is 18.2 Å². The van der Waals surface area contributed by atoms with Crippen molar-refractivity contribution in [1.29, 1.82) is 0 Å². The van der Waals surface area contributed by atoms with Crippen LogP contribution in [0.2, 0.25) is 5.02 Å². The maximum Gasteiger partial charge on any atom is 0.207 e. The van der Waals surface area contributed by atoms with Crippen LogP contribution < -0.4 is 11.1 Å². The molecule has 0 fully saturated rings. The van der Waals surface area contributed by atoms with E-state index in [0.717, 1.165) is 16.6 Å². The Morgan fingerprint density at radius 3 is 2.82 bits per heavy atom. The number of aromatic nitrogens is 2. The van der Waals surface area contributed by atoms with E-state index in [1.54, 1.807) is 12.1 Å². The molecule has 4 nitrogen and oxygen atoms in total. The molecule has 1 heterocycles. The van der Waals surface area contributed by atoms with Crippen molar-refractivity contribution in [3.8, 4) is 0 Å². The van der Waals surface area contributed by atoms with E-state index in [2.05, 4.69) is 14.7 Å². The van der Waals surface area contributed by atoms with E-state index >= 15 is 0 Å². The maximum absolute atomic E-state index is 6.06.